The molecule has 1 unspecified atom stereocenters. The zero-order valence-corrected chi connectivity index (χ0v) is 16.6. The van der Waals surface area contributed by atoms with Crippen molar-refractivity contribution in [1.29, 1.82) is 0 Å². The summed E-state index contributed by atoms with van der Waals surface area (Å²) in [5, 5.41) is 10.2. The van der Waals surface area contributed by atoms with Crippen molar-refractivity contribution in [3.8, 4) is 5.75 Å². The highest BCUT2D eigenvalue weighted by Crippen LogP contribution is 2.29. The predicted molar refractivity (Wildman–Crippen MR) is 106 cm³/mol. The first-order valence-corrected chi connectivity index (χ1v) is 9.65. The summed E-state index contributed by atoms with van der Waals surface area (Å²) < 4.78 is 43.5. The lowest BCUT2D eigenvalue weighted by Crippen LogP contribution is -2.49. The Labute approximate surface area is 172 Å². The summed E-state index contributed by atoms with van der Waals surface area (Å²) in [5.41, 5.74) is -0.160. The molecule has 1 aliphatic rings. The van der Waals surface area contributed by atoms with Crippen LogP contribution >= 0.6 is 0 Å². The number of aliphatic hydroxyl groups excluding tert-OH is 1. The SMILES string of the molecule is CC(=O)c1ccc(OCC(O)CN2CCN(c3ccc(C(F)(F)F)cn3)CC2)cc1. The number of carbonyl (C=O) groups excluding carboxylic acids is 1. The van der Waals surface area contributed by atoms with E-state index in [-0.39, 0.29) is 12.4 Å². The summed E-state index contributed by atoms with van der Waals surface area (Å²) in [4.78, 5) is 19.2. The van der Waals surface area contributed by atoms with Gasteiger partial charge in [0.15, 0.2) is 5.78 Å². The van der Waals surface area contributed by atoms with Crippen LogP contribution < -0.4 is 9.64 Å². The molecule has 0 amide bonds. The number of alkyl halides is 3. The third-order valence-corrected chi connectivity index (χ3v) is 4.94. The van der Waals surface area contributed by atoms with E-state index in [0.717, 1.165) is 12.3 Å². The molecular weight excluding hydrogens is 399 g/mol. The Balaban J connectivity index is 1.42. The lowest BCUT2D eigenvalue weighted by atomic mass is 10.1. The fourth-order valence-corrected chi connectivity index (χ4v) is 3.23. The highest BCUT2D eigenvalue weighted by Gasteiger charge is 2.31. The van der Waals surface area contributed by atoms with Gasteiger partial charge in [-0.05, 0) is 43.3 Å². The number of aromatic nitrogens is 1. The van der Waals surface area contributed by atoms with Crippen LogP contribution in [0.4, 0.5) is 19.0 Å². The molecule has 2 heterocycles. The minimum atomic E-state index is -4.39. The van der Waals surface area contributed by atoms with Crippen LogP contribution in [0.2, 0.25) is 0 Å². The van der Waals surface area contributed by atoms with Gasteiger partial charge in [-0.25, -0.2) is 4.98 Å². The number of hydrogen-bond donors (Lipinski definition) is 1. The Morgan fingerprint density at radius 1 is 1.13 bits per heavy atom. The molecule has 30 heavy (non-hydrogen) atoms. The van der Waals surface area contributed by atoms with Gasteiger partial charge < -0.3 is 14.7 Å². The lowest BCUT2D eigenvalue weighted by molar-refractivity contribution is -0.137. The van der Waals surface area contributed by atoms with Gasteiger partial charge in [-0.2, -0.15) is 13.2 Å². The van der Waals surface area contributed by atoms with Crippen LogP contribution in [0.25, 0.3) is 0 Å². The molecule has 162 valence electrons. The van der Waals surface area contributed by atoms with Gasteiger partial charge >= 0.3 is 6.18 Å². The van der Waals surface area contributed by atoms with E-state index >= 15 is 0 Å². The molecule has 1 saturated heterocycles. The second kappa shape index (κ2) is 9.44. The number of ketones is 1. The van der Waals surface area contributed by atoms with Crippen molar-refractivity contribution in [2.24, 2.45) is 0 Å². The number of rotatable bonds is 7. The third kappa shape index (κ3) is 5.93. The summed E-state index contributed by atoms with van der Waals surface area (Å²) in [6, 6.07) is 9.17. The molecule has 0 radical (unpaired) electrons. The molecule has 0 aliphatic carbocycles. The zero-order chi connectivity index (χ0) is 21.7. The Hall–Kier alpha value is -2.65. The summed E-state index contributed by atoms with van der Waals surface area (Å²) in [5.74, 6) is 1.07. The topological polar surface area (TPSA) is 65.9 Å². The van der Waals surface area contributed by atoms with Crippen LogP contribution in [0.5, 0.6) is 5.75 Å². The molecule has 0 saturated carbocycles. The molecule has 1 N–H and O–H groups in total. The fraction of sp³-hybridized carbons (Fsp3) is 0.429. The average molecular weight is 423 g/mol. The number of halogens is 3. The maximum absolute atomic E-state index is 12.6. The molecule has 1 aromatic carbocycles. The number of pyridine rings is 1. The minimum absolute atomic E-state index is 0.0211. The number of hydrogen-bond acceptors (Lipinski definition) is 6. The summed E-state index contributed by atoms with van der Waals surface area (Å²) in [6.07, 6.45) is -4.22. The average Bonchev–Trinajstić information content (AvgIpc) is 2.72. The highest BCUT2D eigenvalue weighted by atomic mass is 19.4. The molecule has 0 spiro atoms. The van der Waals surface area contributed by atoms with Crippen molar-refractivity contribution in [1.82, 2.24) is 9.88 Å². The molecule has 1 aromatic heterocycles. The summed E-state index contributed by atoms with van der Waals surface area (Å²) >= 11 is 0. The van der Waals surface area contributed by atoms with Gasteiger partial charge in [-0.15, -0.1) is 0 Å². The highest BCUT2D eigenvalue weighted by molar-refractivity contribution is 5.94. The number of benzene rings is 1. The number of nitrogens with zero attached hydrogens (tertiary/aromatic N) is 3. The largest absolute Gasteiger partial charge is 0.491 e. The lowest BCUT2D eigenvalue weighted by Gasteiger charge is -2.36. The van der Waals surface area contributed by atoms with Crippen LogP contribution in [0, 0.1) is 0 Å². The van der Waals surface area contributed by atoms with Gasteiger partial charge in [-0.1, -0.05) is 0 Å². The maximum atomic E-state index is 12.6. The Bertz CT molecular complexity index is 833. The van der Waals surface area contributed by atoms with E-state index in [9.17, 15) is 23.1 Å². The second-order valence-electron chi connectivity index (χ2n) is 7.24. The van der Waals surface area contributed by atoms with Gasteiger partial charge in [0, 0.05) is 44.5 Å². The number of carbonyl (C=O) groups is 1. The number of β-amino-alcohol motifs (C(OH)–C–C–N with tert-alkyl or cyclic N) is 1. The van der Waals surface area contributed by atoms with Crippen molar-refractivity contribution in [3.63, 3.8) is 0 Å². The van der Waals surface area contributed by atoms with Gasteiger partial charge in [0.2, 0.25) is 0 Å². The van der Waals surface area contributed by atoms with Gasteiger partial charge in [-0.3, -0.25) is 9.69 Å². The smallest absolute Gasteiger partial charge is 0.417 e. The first-order chi connectivity index (χ1) is 14.2. The Kier molecular flexibility index (Phi) is 6.94. The van der Waals surface area contributed by atoms with Crippen molar-refractivity contribution in [2.75, 3.05) is 44.2 Å². The van der Waals surface area contributed by atoms with Gasteiger partial charge in [0.25, 0.3) is 0 Å². The number of piperazine rings is 1. The number of aliphatic hydroxyl groups is 1. The van der Waals surface area contributed by atoms with E-state index in [1.807, 2.05) is 4.90 Å². The minimum Gasteiger partial charge on any atom is -0.491 e. The molecule has 3 rings (SSSR count). The van der Waals surface area contributed by atoms with Gasteiger partial charge in [0.05, 0.1) is 5.56 Å². The van der Waals surface area contributed by atoms with Crippen LogP contribution in [0.15, 0.2) is 42.6 Å². The fourth-order valence-electron chi connectivity index (χ4n) is 3.23. The first kappa shape index (κ1) is 22.0. The zero-order valence-electron chi connectivity index (χ0n) is 16.6. The molecule has 2 aromatic rings. The predicted octanol–water partition coefficient (Wildman–Crippen LogP) is 2.86. The van der Waals surface area contributed by atoms with E-state index in [1.54, 1.807) is 24.3 Å². The normalized spacial score (nSPS) is 16.4. The molecule has 6 nitrogen and oxygen atoms in total. The van der Waals surface area contributed by atoms with Crippen molar-refractivity contribution in [2.45, 2.75) is 19.2 Å². The van der Waals surface area contributed by atoms with E-state index in [4.69, 9.17) is 4.74 Å². The maximum Gasteiger partial charge on any atom is 0.417 e. The molecule has 1 fully saturated rings. The standard InChI is InChI=1S/C21H24F3N3O3/c1-15(28)16-2-5-19(6-3-16)30-14-18(29)13-26-8-10-27(11-9-26)20-7-4-17(12-25-20)21(22,23)24/h2-7,12,18,29H,8-11,13-14H2,1H3. The van der Waals surface area contributed by atoms with E-state index < -0.39 is 17.8 Å². The number of ether oxygens (including phenoxy) is 1. The van der Waals surface area contributed by atoms with E-state index in [2.05, 4.69) is 9.88 Å². The van der Waals surface area contributed by atoms with Crippen LogP contribution in [-0.2, 0) is 6.18 Å². The van der Waals surface area contributed by atoms with Crippen molar-refractivity contribution < 1.29 is 27.8 Å². The number of anilines is 1. The van der Waals surface area contributed by atoms with Crippen LogP contribution in [0.3, 0.4) is 0 Å². The Morgan fingerprint density at radius 2 is 1.80 bits per heavy atom. The summed E-state index contributed by atoms with van der Waals surface area (Å²) in [7, 11) is 0. The number of Topliss-reactive ketones (excluding diaryl/α,β-unsaturated/α-hetero) is 1. The van der Waals surface area contributed by atoms with Crippen molar-refractivity contribution >= 4 is 11.6 Å². The molecule has 0 bridgehead atoms. The van der Waals surface area contributed by atoms with Gasteiger partial charge in [0.1, 0.15) is 24.3 Å². The van der Waals surface area contributed by atoms with Crippen LogP contribution in [0.1, 0.15) is 22.8 Å². The second-order valence-corrected chi connectivity index (χ2v) is 7.24. The van der Waals surface area contributed by atoms with Crippen LogP contribution in [-0.4, -0.2) is 66.2 Å². The monoisotopic (exact) mass is 423 g/mol. The first-order valence-electron chi connectivity index (χ1n) is 9.65. The van der Waals surface area contributed by atoms with E-state index in [0.29, 0.717) is 49.9 Å². The molecule has 1 atom stereocenters. The van der Waals surface area contributed by atoms with E-state index in [1.165, 1.54) is 13.0 Å². The summed E-state index contributed by atoms with van der Waals surface area (Å²) in [6.45, 7) is 4.59. The molecular formula is C21H24F3N3O3. The molecule has 1 aliphatic heterocycles. The van der Waals surface area contributed by atoms with Crippen molar-refractivity contribution in [3.05, 3.63) is 53.7 Å². The quantitative estimate of drug-likeness (QED) is 0.691. The Morgan fingerprint density at radius 3 is 2.33 bits per heavy atom. The molecule has 9 heteroatoms. The third-order valence-electron chi connectivity index (χ3n) is 4.94.